The molecule has 4 bridgehead atoms. The molecule has 516 valence electrons. The molecule has 6 fully saturated rings. The highest BCUT2D eigenvalue weighted by Crippen LogP contribution is 2.59. The van der Waals surface area contributed by atoms with Crippen molar-refractivity contribution >= 4 is 41.8 Å². The Hall–Kier alpha value is -3.83. The van der Waals surface area contributed by atoms with Gasteiger partial charge >= 0.3 is 41.8 Å². The number of carbonyl (C=O) groups excluding carboxylic acids is 7. The first-order valence-corrected chi connectivity index (χ1v) is 28.8. The molecule has 1 heterocycles. The van der Waals surface area contributed by atoms with Gasteiger partial charge in [-0.2, -0.15) is 0 Å². The molecule has 0 radical (unpaired) electrons. The Morgan fingerprint density at radius 1 is 0.535 bits per heavy atom. The SMILES string of the molecule is C.C.C.C.C.C.C.C.CCC(C)(C)C(=O)OC1(C(C)C)CCCC1.CCC(C)(C)C(=O)OC12CC3CC(CC(O)(C3)C1)C2.CCC(C)(C)C(=O)OCC(C)(COC(=O)C(C)(C)O)COC(=O)C(C)(C)O.CCC(C)(C)C(=O)O[C@]1(C)COC(=O)[C@H]1C. The van der Waals surface area contributed by atoms with Gasteiger partial charge in [-0.25, -0.2) is 9.59 Å². The van der Waals surface area contributed by atoms with Crippen LogP contribution >= 0.6 is 0 Å². The Bertz CT molecular complexity index is 2020. The minimum atomic E-state index is -1.69. The lowest BCUT2D eigenvalue weighted by Gasteiger charge is -2.59. The van der Waals surface area contributed by atoms with E-state index < -0.39 is 67.9 Å². The summed E-state index contributed by atoms with van der Waals surface area (Å²) in [5.74, 6) is -1.69. The molecule has 0 spiro atoms. The maximum absolute atomic E-state index is 12.4. The summed E-state index contributed by atoms with van der Waals surface area (Å²) in [4.78, 5) is 83.6. The first-order chi connectivity index (χ1) is 35.3. The Morgan fingerprint density at radius 3 is 1.16 bits per heavy atom. The average molecular weight is 1240 g/mol. The van der Waals surface area contributed by atoms with Crippen LogP contribution in [0.3, 0.4) is 0 Å². The molecule has 0 aromatic rings. The Morgan fingerprint density at radius 2 is 0.860 bits per heavy atom. The maximum atomic E-state index is 12.4. The van der Waals surface area contributed by atoms with Gasteiger partial charge in [0.25, 0.3) is 0 Å². The highest BCUT2D eigenvalue weighted by atomic mass is 16.6. The van der Waals surface area contributed by atoms with E-state index in [0.29, 0.717) is 37.0 Å². The van der Waals surface area contributed by atoms with E-state index in [0.717, 1.165) is 51.4 Å². The van der Waals surface area contributed by atoms with Crippen LogP contribution in [0.2, 0.25) is 0 Å². The Kier molecular flexibility index (Phi) is 40.2. The first-order valence-electron chi connectivity index (χ1n) is 28.8. The molecule has 5 saturated carbocycles. The minimum Gasteiger partial charge on any atom is -0.464 e. The number of cyclic esters (lactones) is 1. The van der Waals surface area contributed by atoms with Gasteiger partial charge < -0.3 is 48.5 Å². The lowest BCUT2D eigenvalue weighted by molar-refractivity contribution is -0.225. The van der Waals surface area contributed by atoms with Crippen molar-refractivity contribution in [2.75, 3.05) is 26.4 Å². The monoisotopic (exact) mass is 1240 g/mol. The van der Waals surface area contributed by atoms with Crippen molar-refractivity contribution < 1.29 is 82.0 Å². The van der Waals surface area contributed by atoms with Crippen LogP contribution in [0.4, 0.5) is 0 Å². The minimum absolute atomic E-state index is 0. The molecule has 1 aliphatic heterocycles. The molecule has 17 nitrogen and oxygen atoms in total. The van der Waals surface area contributed by atoms with Crippen molar-refractivity contribution in [3.8, 4) is 0 Å². The van der Waals surface area contributed by atoms with Gasteiger partial charge in [-0.05, 0) is 205 Å². The Balaban J connectivity index is -0.000000191. The van der Waals surface area contributed by atoms with Crippen LogP contribution in [-0.2, 0) is 66.7 Å². The highest BCUT2D eigenvalue weighted by molar-refractivity contribution is 5.81. The topological polar surface area (TPSA) is 245 Å². The summed E-state index contributed by atoms with van der Waals surface area (Å²) in [6.07, 6.45) is 13.0. The zero-order chi connectivity index (χ0) is 60.5. The standard InChI is InChI=1S/C19H34O8.C16H26O3.C14H26O2.C12H20O4.8CH4/c1-9-16(2,3)13(20)25-10-19(8,11-26-14(21)17(4,5)23)12-27-15(22)18(6,7)24;1-4-14(2,3)13(17)19-16-8-11-5-12(9-16)7-15(18,6-11)10-16;1-6-13(4,5)12(15)16-14(11(2)3)9-7-8-10-14;1-6-11(3,4)10(14)16-12(5)7-15-9(13)8(12)2;;;;;;;;/h23-24H,9-12H2,1-8H3;11-12,18H,4-10H2,1-3H3;11H,6-10H2,1-5H3;8H,6-7H2,1-5H3;8*1H4/t;;;8-,12-;;;;;;;;/m...1......../s1. The van der Waals surface area contributed by atoms with Crippen LogP contribution in [-0.4, -0.2) is 117 Å². The van der Waals surface area contributed by atoms with Crippen molar-refractivity contribution in [2.24, 2.45) is 50.7 Å². The van der Waals surface area contributed by atoms with Crippen molar-refractivity contribution in [3.63, 3.8) is 0 Å². The van der Waals surface area contributed by atoms with Gasteiger partial charge in [0.1, 0.15) is 37.6 Å². The molecule has 1 saturated heterocycles. The third kappa shape index (κ3) is 26.3. The van der Waals surface area contributed by atoms with E-state index in [4.69, 9.17) is 33.2 Å². The predicted molar refractivity (Wildman–Crippen MR) is 349 cm³/mol. The number of rotatable bonds is 20. The van der Waals surface area contributed by atoms with Crippen molar-refractivity contribution in [1.29, 1.82) is 0 Å². The van der Waals surface area contributed by atoms with Crippen LogP contribution in [0.1, 0.15) is 295 Å². The fourth-order valence-electron chi connectivity index (χ4n) is 9.83. The van der Waals surface area contributed by atoms with E-state index in [9.17, 15) is 48.9 Å². The second kappa shape index (κ2) is 36.1. The molecule has 0 amide bonds. The molecule has 4 atom stereocenters. The van der Waals surface area contributed by atoms with Gasteiger partial charge in [0.15, 0.2) is 16.8 Å². The van der Waals surface area contributed by atoms with Crippen molar-refractivity contribution in [3.05, 3.63) is 0 Å². The summed E-state index contributed by atoms with van der Waals surface area (Å²) in [7, 11) is 0. The largest absolute Gasteiger partial charge is 0.464 e. The first kappa shape index (κ1) is 95.8. The normalized spacial score (nSPS) is 23.3. The van der Waals surface area contributed by atoms with E-state index in [1.165, 1.54) is 47.0 Å². The van der Waals surface area contributed by atoms with Crippen molar-refractivity contribution in [1.82, 2.24) is 0 Å². The van der Waals surface area contributed by atoms with Gasteiger partial charge in [0.05, 0.1) is 38.6 Å². The maximum Gasteiger partial charge on any atom is 0.337 e. The molecule has 6 rings (SSSR count). The summed E-state index contributed by atoms with van der Waals surface area (Å²) >= 11 is 0. The fourth-order valence-corrected chi connectivity index (χ4v) is 9.83. The van der Waals surface area contributed by atoms with Gasteiger partial charge in [-0.3, -0.25) is 24.0 Å². The number of carbonyl (C=O) groups is 7. The van der Waals surface area contributed by atoms with Crippen LogP contribution in [0.25, 0.3) is 0 Å². The van der Waals surface area contributed by atoms with E-state index in [1.807, 2.05) is 69.2 Å². The average Bonchev–Trinajstić information content (AvgIpc) is 3.91. The van der Waals surface area contributed by atoms with E-state index in [1.54, 1.807) is 34.6 Å². The van der Waals surface area contributed by atoms with E-state index in [-0.39, 0.29) is 126 Å². The molecular formula is C69H138O17. The van der Waals surface area contributed by atoms with Crippen LogP contribution in [0.5, 0.6) is 0 Å². The predicted octanol–water partition coefficient (Wildman–Crippen LogP) is 15.6. The number of hydrogen-bond acceptors (Lipinski definition) is 17. The number of ether oxygens (including phenoxy) is 7. The van der Waals surface area contributed by atoms with E-state index >= 15 is 0 Å². The van der Waals surface area contributed by atoms with Gasteiger partial charge in [-0.15, -0.1) is 0 Å². The summed E-state index contributed by atoms with van der Waals surface area (Å²) in [5.41, 5.74) is -8.30. The summed E-state index contributed by atoms with van der Waals surface area (Å²) in [5, 5.41) is 30.0. The number of hydrogen-bond donors (Lipinski definition) is 3. The molecule has 2 unspecified atom stereocenters. The number of aliphatic hydroxyl groups is 3. The fraction of sp³-hybridized carbons (Fsp3) is 0.899. The van der Waals surface area contributed by atoms with Crippen LogP contribution in [0, 0.1) is 50.7 Å². The van der Waals surface area contributed by atoms with Gasteiger partial charge in [-0.1, -0.05) is 101 Å². The molecule has 0 aromatic carbocycles. The smallest absolute Gasteiger partial charge is 0.337 e. The third-order valence-corrected chi connectivity index (χ3v) is 17.6. The lowest BCUT2D eigenvalue weighted by Crippen LogP contribution is -2.61. The van der Waals surface area contributed by atoms with Crippen LogP contribution in [0.15, 0.2) is 0 Å². The molecule has 3 N–H and O–H groups in total. The highest BCUT2D eigenvalue weighted by Gasteiger charge is 2.60. The summed E-state index contributed by atoms with van der Waals surface area (Å²) in [6, 6.07) is 0. The lowest BCUT2D eigenvalue weighted by atomic mass is 9.52. The molecule has 0 aromatic heterocycles. The molecule has 5 aliphatic carbocycles. The van der Waals surface area contributed by atoms with Crippen molar-refractivity contribution in [2.45, 2.75) is 328 Å². The second-order valence-electron chi connectivity index (χ2n) is 28.2. The molecule has 86 heavy (non-hydrogen) atoms. The Labute approximate surface area is 527 Å². The zero-order valence-electron chi connectivity index (χ0n) is 52.1. The third-order valence-electron chi connectivity index (χ3n) is 17.6. The quantitative estimate of drug-likeness (QED) is 0.0757. The molecule has 17 heteroatoms. The molecular weight excluding hydrogens is 1100 g/mol. The summed E-state index contributed by atoms with van der Waals surface area (Å²) < 4.78 is 37.8. The number of esters is 7. The van der Waals surface area contributed by atoms with E-state index in [2.05, 4.69) is 13.8 Å². The van der Waals surface area contributed by atoms with Gasteiger partial charge in [0, 0.05) is 6.42 Å². The zero-order valence-corrected chi connectivity index (χ0v) is 52.1. The molecule has 6 aliphatic rings. The van der Waals surface area contributed by atoms with Crippen LogP contribution < -0.4 is 0 Å². The summed E-state index contributed by atoms with van der Waals surface area (Å²) in [6.45, 7) is 36.9. The van der Waals surface area contributed by atoms with Gasteiger partial charge in [0.2, 0.25) is 0 Å². The second-order valence-corrected chi connectivity index (χ2v) is 28.2.